The van der Waals surface area contributed by atoms with Crippen molar-refractivity contribution in [3.63, 3.8) is 0 Å². The Morgan fingerprint density at radius 1 is 0.900 bits per heavy atom. The van der Waals surface area contributed by atoms with E-state index in [1.165, 1.54) is 0 Å². The quantitative estimate of drug-likeness (QED) is 0.528. The molecule has 0 radical (unpaired) electrons. The van der Waals surface area contributed by atoms with Gasteiger partial charge in [-0.05, 0) is 17.5 Å². The Morgan fingerprint density at radius 2 is 1.50 bits per heavy atom. The van der Waals surface area contributed by atoms with E-state index in [-0.39, 0.29) is 13.0 Å². The molecule has 0 aliphatic heterocycles. The van der Waals surface area contributed by atoms with Crippen molar-refractivity contribution in [3.05, 3.63) is 71.8 Å². The van der Waals surface area contributed by atoms with Crippen LogP contribution in [0.4, 0.5) is 4.79 Å². The number of nitrogens with one attached hydrogen (secondary N) is 2. The average molecular weight is 412 g/mol. The van der Waals surface area contributed by atoms with Crippen LogP contribution in [-0.4, -0.2) is 30.0 Å². The highest BCUT2D eigenvalue weighted by Crippen LogP contribution is 2.07. The summed E-state index contributed by atoms with van der Waals surface area (Å²) in [5.74, 6) is -1.07. The van der Waals surface area contributed by atoms with E-state index in [2.05, 4.69) is 10.6 Å². The summed E-state index contributed by atoms with van der Waals surface area (Å²) in [5, 5.41) is 5.28. The van der Waals surface area contributed by atoms with E-state index < -0.39 is 30.0 Å². The van der Waals surface area contributed by atoms with Crippen molar-refractivity contribution in [2.45, 2.75) is 51.3 Å². The molecule has 0 aromatic heterocycles. The zero-order chi connectivity index (χ0) is 21.8. The van der Waals surface area contributed by atoms with Gasteiger partial charge in [-0.1, -0.05) is 80.4 Å². The number of benzene rings is 2. The number of alkyl carbamates (subject to hydrolysis) is 1. The number of primary amides is 1. The van der Waals surface area contributed by atoms with E-state index in [1.807, 2.05) is 67.6 Å². The summed E-state index contributed by atoms with van der Waals surface area (Å²) < 4.78 is 5.24. The van der Waals surface area contributed by atoms with Crippen LogP contribution in [0.2, 0.25) is 0 Å². The molecular formula is C23H29N3O4. The van der Waals surface area contributed by atoms with Crippen LogP contribution in [0.15, 0.2) is 60.7 Å². The van der Waals surface area contributed by atoms with Gasteiger partial charge in [-0.2, -0.15) is 0 Å². The number of ether oxygens (including phenoxy) is 1. The van der Waals surface area contributed by atoms with E-state index in [0.29, 0.717) is 6.42 Å². The predicted molar refractivity (Wildman–Crippen MR) is 114 cm³/mol. The summed E-state index contributed by atoms with van der Waals surface area (Å²) >= 11 is 0. The van der Waals surface area contributed by atoms with E-state index in [9.17, 15) is 14.4 Å². The minimum absolute atomic E-state index is 0.0900. The molecule has 2 atom stereocenters. The standard InChI is InChI=1S/C23H29N3O4/c1-2-3-14-19(21(24)27)25-22(28)20(15-17-10-6-4-7-11-17)26-23(29)30-16-18-12-8-5-9-13-18/h4-13,19-20H,2-3,14-16H2,1H3,(H2,24,27)(H,25,28)(H,26,29)/t19-,20-/m0/s1. The van der Waals surface area contributed by atoms with Crippen LogP contribution < -0.4 is 16.4 Å². The van der Waals surface area contributed by atoms with Crippen molar-refractivity contribution >= 4 is 17.9 Å². The Bertz CT molecular complexity index is 812. The number of hydrogen-bond acceptors (Lipinski definition) is 4. The van der Waals surface area contributed by atoms with E-state index >= 15 is 0 Å². The fourth-order valence-electron chi connectivity index (χ4n) is 2.93. The Morgan fingerprint density at radius 3 is 2.07 bits per heavy atom. The lowest BCUT2D eigenvalue weighted by Crippen LogP contribution is -2.53. The summed E-state index contributed by atoms with van der Waals surface area (Å²) in [6.07, 6.45) is 1.63. The molecule has 7 heteroatoms. The summed E-state index contributed by atoms with van der Waals surface area (Å²) in [6.45, 7) is 2.08. The van der Waals surface area contributed by atoms with Gasteiger partial charge in [0.25, 0.3) is 0 Å². The molecule has 0 saturated heterocycles. The van der Waals surface area contributed by atoms with Crippen LogP contribution in [0.3, 0.4) is 0 Å². The first kappa shape index (κ1) is 22.9. The first-order valence-corrected chi connectivity index (χ1v) is 10.1. The van der Waals surface area contributed by atoms with E-state index in [0.717, 1.165) is 24.0 Å². The highest BCUT2D eigenvalue weighted by atomic mass is 16.5. The van der Waals surface area contributed by atoms with Crippen LogP contribution in [0, 0.1) is 0 Å². The Balaban J connectivity index is 2.04. The van der Waals surface area contributed by atoms with Gasteiger partial charge < -0.3 is 21.1 Å². The molecule has 2 rings (SSSR count). The van der Waals surface area contributed by atoms with Crippen molar-refractivity contribution in [1.82, 2.24) is 10.6 Å². The van der Waals surface area contributed by atoms with Crippen molar-refractivity contribution in [1.29, 1.82) is 0 Å². The molecule has 2 aromatic rings. The second kappa shape index (κ2) is 12.3. The molecule has 0 fully saturated rings. The molecule has 0 spiro atoms. The minimum atomic E-state index is -0.904. The van der Waals surface area contributed by atoms with Crippen LogP contribution >= 0.6 is 0 Å². The molecule has 0 unspecified atom stereocenters. The number of unbranched alkanes of at least 4 members (excludes halogenated alkanes) is 1. The van der Waals surface area contributed by atoms with Crippen molar-refractivity contribution in [2.75, 3.05) is 0 Å². The maximum Gasteiger partial charge on any atom is 0.408 e. The third-order valence-corrected chi connectivity index (χ3v) is 4.61. The minimum Gasteiger partial charge on any atom is -0.445 e. The highest BCUT2D eigenvalue weighted by molar-refractivity contribution is 5.90. The first-order valence-electron chi connectivity index (χ1n) is 10.1. The lowest BCUT2D eigenvalue weighted by atomic mass is 10.0. The second-order valence-electron chi connectivity index (χ2n) is 7.05. The number of carbonyl (C=O) groups is 3. The van der Waals surface area contributed by atoms with Crippen LogP contribution in [0.5, 0.6) is 0 Å². The molecule has 0 heterocycles. The molecule has 0 aliphatic rings. The number of rotatable bonds is 11. The maximum absolute atomic E-state index is 12.8. The Hall–Kier alpha value is -3.35. The van der Waals surface area contributed by atoms with Gasteiger partial charge in [0.1, 0.15) is 18.7 Å². The fraction of sp³-hybridized carbons (Fsp3) is 0.348. The van der Waals surface area contributed by atoms with E-state index in [1.54, 1.807) is 0 Å². The molecule has 30 heavy (non-hydrogen) atoms. The largest absolute Gasteiger partial charge is 0.445 e. The second-order valence-corrected chi connectivity index (χ2v) is 7.05. The zero-order valence-electron chi connectivity index (χ0n) is 17.2. The van der Waals surface area contributed by atoms with Crippen molar-refractivity contribution < 1.29 is 19.1 Å². The zero-order valence-corrected chi connectivity index (χ0v) is 17.2. The Labute approximate surface area is 177 Å². The van der Waals surface area contributed by atoms with Gasteiger partial charge in [-0.3, -0.25) is 9.59 Å². The number of hydrogen-bond donors (Lipinski definition) is 3. The summed E-state index contributed by atoms with van der Waals surface area (Å²) in [6, 6.07) is 16.9. The maximum atomic E-state index is 12.8. The number of nitrogens with two attached hydrogens (primary N) is 1. The van der Waals surface area contributed by atoms with Gasteiger partial charge in [-0.15, -0.1) is 0 Å². The lowest BCUT2D eigenvalue weighted by molar-refractivity contribution is -0.128. The van der Waals surface area contributed by atoms with Gasteiger partial charge >= 0.3 is 6.09 Å². The average Bonchev–Trinajstić information content (AvgIpc) is 2.76. The lowest BCUT2D eigenvalue weighted by Gasteiger charge is -2.22. The van der Waals surface area contributed by atoms with Crippen LogP contribution in [0.1, 0.15) is 37.3 Å². The van der Waals surface area contributed by atoms with Gasteiger partial charge in [0.2, 0.25) is 11.8 Å². The third kappa shape index (κ3) is 7.95. The van der Waals surface area contributed by atoms with E-state index in [4.69, 9.17) is 10.5 Å². The molecular weight excluding hydrogens is 382 g/mol. The van der Waals surface area contributed by atoms with Gasteiger partial charge in [-0.25, -0.2) is 4.79 Å². The first-order chi connectivity index (χ1) is 14.5. The molecule has 0 saturated carbocycles. The third-order valence-electron chi connectivity index (χ3n) is 4.61. The van der Waals surface area contributed by atoms with Gasteiger partial charge in [0.15, 0.2) is 0 Å². The number of carbonyl (C=O) groups excluding carboxylic acids is 3. The topological polar surface area (TPSA) is 111 Å². The Kier molecular flexibility index (Phi) is 9.37. The predicted octanol–water partition coefficient (Wildman–Crippen LogP) is 2.68. The summed E-state index contributed by atoms with van der Waals surface area (Å²) in [5.41, 5.74) is 7.13. The molecule has 7 nitrogen and oxygen atoms in total. The molecule has 2 aromatic carbocycles. The molecule has 0 aliphatic carbocycles. The molecule has 4 N–H and O–H groups in total. The molecule has 0 bridgehead atoms. The SMILES string of the molecule is CCCC[C@H](NC(=O)[C@H](Cc1ccccc1)NC(=O)OCc1ccccc1)C(N)=O. The highest BCUT2D eigenvalue weighted by Gasteiger charge is 2.26. The molecule has 3 amide bonds. The van der Waals surface area contributed by atoms with Gasteiger partial charge in [0, 0.05) is 6.42 Å². The fourth-order valence-corrected chi connectivity index (χ4v) is 2.93. The smallest absolute Gasteiger partial charge is 0.408 e. The normalized spacial score (nSPS) is 12.4. The monoisotopic (exact) mass is 411 g/mol. The molecule has 160 valence electrons. The van der Waals surface area contributed by atoms with Crippen molar-refractivity contribution in [3.8, 4) is 0 Å². The summed E-state index contributed by atoms with van der Waals surface area (Å²) in [7, 11) is 0. The summed E-state index contributed by atoms with van der Waals surface area (Å²) in [4.78, 5) is 36.9. The van der Waals surface area contributed by atoms with Crippen LogP contribution in [-0.2, 0) is 27.4 Å². The van der Waals surface area contributed by atoms with Crippen molar-refractivity contribution in [2.24, 2.45) is 5.73 Å². The van der Waals surface area contributed by atoms with Gasteiger partial charge in [0.05, 0.1) is 0 Å². The number of amides is 3. The van der Waals surface area contributed by atoms with Crippen LogP contribution in [0.25, 0.3) is 0 Å².